The summed E-state index contributed by atoms with van der Waals surface area (Å²) in [6.45, 7) is 2.67. The number of anilines is 1. The van der Waals surface area contributed by atoms with Crippen LogP contribution >= 0.6 is 0 Å². The lowest BCUT2D eigenvalue weighted by atomic mass is 10.0. The predicted molar refractivity (Wildman–Crippen MR) is 99.4 cm³/mol. The van der Waals surface area contributed by atoms with Crippen LogP contribution in [-0.4, -0.2) is 36.5 Å². The number of likely N-dealkylation sites (N-methyl/N-ethyl adjacent to an activating group) is 1. The van der Waals surface area contributed by atoms with Crippen LogP contribution in [0.3, 0.4) is 0 Å². The van der Waals surface area contributed by atoms with E-state index in [1.165, 1.54) is 5.56 Å². The number of nitrogens with one attached hydrogen (secondary N) is 2. The third kappa shape index (κ3) is 3.65. The first kappa shape index (κ1) is 17.0. The fourth-order valence-electron chi connectivity index (χ4n) is 3.31. The first-order chi connectivity index (χ1) is 12.1. The Kier molecular flexibility index (Phi) is 5.03. The SMILES string of the molecule is CNC(=O)[C@@H]1CCCN1C(=O)Nc1cccc(-c2ccccc2C)c1. The minimum absolute atomic E-state index is 0.110. The molecule has 0 spiro atoms. The average molecular weight is 337 g/mol. The molecule has 1 aliphatic rings. The molecular formula is C20H23N3O2. The molecule has 1 aliphatic heterocycles. The Morgan fingerprint density at radius 3 is 2.68 bits per heavy atom. The molecule has 5 heteroatoms. The minimum atomic E-state index is -0.385. The fraction of sp³-hybridized carbons (Fsp3) is 0.300. The van der Waals surface area contributed by atoms with Crippen LogP contribution in [0.25, 0.3) is 11.1 Å². The summed E-state index contributed by atoms with van der Waals surface area (Å²) in [6, 6.07) is 15.3. The van der Waals surface area contributed by atoms with Gasteiger partial charge in [0.25, 0.3) is 0 Å². The second-order valence-corrected chi connectivity index (χ2v) is 6.29. The highest BCUT2D eigenvalue weighted by Crippen LogP contribution is 2.26. The van der Waals surface area contributed by atoms with Gasteiger partial charge in [0.15, 0.2) is 0 Å². The Bertz CT molecular complexity index is 788. The molecule has 130 valence electrons. The molecule has 3 amide bonds. The number of benzene rings is 2. The van der Waals surface area contributed by atoms with Gasteiger partial charge in [0.05, 0.1) is 0 Å². The Hall–Kier alpha value is -2.82. The van der Waals surface area contributed by atoms with Gasteiger partial charge in [-0.3, -0.25) is 4.79 Å². The molecule has 1 atom stereocenters. The van der Waals surface area contributed by atoms with Gasteiger partial charge >= 0.3 is 6.03 Å². The number of hydrogen-bond acceptors (Lipinski definition) is 2. The third-order valence-corrected chi connectivity index (χ3v) is 4.63. The minimum Gasteiger partial charge on any atom is -0.357 e. The maximum Gasteiger partial charge on any atom is 0.322 e. The summed E-state index contributed by atoms with van der Waals surface area (Å²) in [5.74, 6) is -0.110. The van der Waals surface area contributed by atoms with Gasteiger partial charge < -0.3 is 15.5 Å². The van der Waals surface area contributed by atoms with Crippen molar-refractivity contribution in [3.8, 4) is 11.1 Å². The molecule has 0 aromatic heterocycles. The van der Waals surface area contributed by atoms with Crippen LogP contribution in [0.2, 0.25) is 0 Å². The van der Waals surface area contributed by atoms with Crippen molar-refractivity contribution >= 4 is 17.6 Å². The van der Waals surface area contributed by atoms with Gasteiger partial charge in [0.2, 0.25) is 5.91 Å². The monoisotopic (exact) mass is 337 g/mol. The Morgan fingerprint density at radius 1 is 1.12 bits per heavy atom. The summed E-state index contributed by atoms with van der Waals surface area (Å²) in [6.07, 6.45) is 1.55. The number of urea groups is 1. The number of nitrogens with zero attached hydrogens (tertiary/aromatic N) is 1. The number of likely N-dealkylation sites (tertiary alicyclic amines) is 1. The number of hydrogen-bond donors (Lipinski definition) is 2. The van der Waals surface area contributed by atoms with Crippen molar-refractivity contribution in [2.45, 2.75) is 25.8 Å². The highest BCUT2D eigenvalue weighted by Gasteiger charge is 2.33. The summed E-state index contributed by atoms with van der Waals surface area (Å²) < 4.78 is 0. The lowest BCUT2D eigenvalue weighted by Gasteiger charge is -2.23. The van der Waals surface area contributed by atoms with Crippen LogP contribution in [0.15, 0.2) is 48.5 Å². The van der Waals surface area contributed by atoms with Gasteiger partial charge in [-0.25, -0.2) is 4.79 Å². The molecule has 2 aromatic rings. The van der Waals surface area contributed by atoms with Crippen LogP contribution in [-0.2, 0) is 4.79 Å². The molecule has 0 aliphatic carbocycles. The molecule has 0 unspecified atom stereocenters. The van der Waals surface area contributed by atoms with Crippen molar-refractivity contribution in [3.05, 3.63) is 54.1 Å². The first-order valence-corrected chi connectivity index (χ1v) is 8.55. The number of carbonyl (C=O) groups excluding carboxylic acids is 2. The van der Waals surface area contributed by atoms with Crippen LogP contribution in [0.5, 0.6) is 0 Å². The maximum absolute atomic E-state index is 12.6. The van der Waals surface area contributed by atoms with Crippen molar-refractivity contribution in [2.24, 2.45) is 0 Å². The Labute approximate surface area is 148 Å². The predicted octanol–water partition coefficient (Wildman–Crippen LogP) is 3.40. The van der Waals surface area contributed by atoms with E-state index in [2.05, 4.69) is 29.7 Å². The highest BCUT2D eigenvalue weighted by molar-refractivity contribution is 5.94. The quantitative estimate of drug-likeness (QED) is 0.902. The van der Waals surface area contributed by atoms with E-state index >= 15 is 0 Å². The summed E-state index contributed by atoms with van der Waals surface area (Å²) >= 11 is 0. The number of rotatable bonds is 3. The first-order valence-electron chi connectivity index (χ1n) is 8.55. The van der Waals surface area contributed by atoms with Gasteiger partial charge in [0.1, 0.15) is 6.04 Å². The summed E-state index contributed by atoms with van der Waals surface area (Å²) in [5.41, 5.74) is 4.11. The van der Waals surface area contributed by atoms with Crippen molar-refractivity contribution in [1.29, 1.82) is 0 Å². The number of carbonyl (C=O) groups is 2. The molecule has 2 aromatic carbocycles. The molecule has 5 nitrogen and oxygen atoms in total. The van der Waals surface area contributed by atoms with Crippen LogP contribution in [0.1, 0.15) is 18.4 Å². The van der Waals surface area contributed by atoms with E-state index in [1.54, 1.807) is 11.9 Å². The van der Waals surface area contributed by atoms with Gasteiger partial charge in [-0.2, -0.15) is 0 Å². The van der Waals surface area contributed by atoms with Crippen molar-refractivity contribution in [3.63, 3.8) is 0 Å². The zero-order valence-corrected chi connectivity index (χ0v) is 14.6. The van der Waals surface area contributed by atoms with E-state index in [-0.39, 0.29) is 18.0 Å². The smallest absolute Gasteiger partial charge is 0.322 e. The normalized spacial score (nSPS) is 16.6. The standard InChI is InChI=1S/C20H23N3O2/c1-14-7-3-4-10-17(14)15-8-5-9-16(13-15)22-20(25)23-12-6-11-18(23)19(24)21-2/h3-5,7-10,13,18H,6,11-12H2,1-2H3,(H,21,24)(H,22,25)/t18-/m0/s1. The zero-order chi connectivity index (χ0) is 17.8. The Balaban J connectivity index is 1.77. The van der Waals surface area contributed by atoms with Crippen molar-refractivity contribution in [1.82, 2.24) is 10.2 Å². The molecule has 0 radical (unpaired) electrons. The van der Waals surface area contributed by atoms with Crippen molar-refractivity contribution in [2.75, 3.05) is 18.9 Å². The molecule has 2 N–H and O–H groups in total. The summed E-state index contributed by atoms with van der Waals surface area (Å²) in [5, 5.41) is 5.56. The van der Waals surface area contributed by atoms with E-state index in [0.717, 1.165) is 23.2 Å². The van der Waals surface area contributed by atoms with Crippen LogP contribution in [0, 0.1) is 6.92 Å². The zero-order valence-electron chi connectivity index (χ0n) is 14.6. The topological polar surface area (TPSA) is 61.4 Å². The number of amides is 3. The molecule has 0 bridgehead atoms. The van der Waals surface area contributed by atoms with E-state index in [0.29, 0.717) is 13.0 Å². The maximum atomic E-state index is 12.6. The molecular weight excluding hydrogens is 314 g/mol. The second-order valence-electron chi connectivity index (χ2n) is 6.29. The molecule has 25 heavy (non-hydrogen) atoms. The second kappa shape index (κ2) is 7.38. The van der Waals surface area contributed by atoms with Gasteiger partial charge in [-0.05, 0) is 48.6 Å². The van der Waals surface area contributed by atoms with Crippen LogP contribution in [0.4, 0.5) is 10.5 Å². The molecule has 3 rings (SSSR count). The van der Waals surface area contributed by atoms with Gasteiger partial charge in [-0.15, -0.1) is 0 Å². The fourth-order valence-corrected chi connectivity index (χ4v) is 3.31. The third-order valence-electron chi connectivity index (χ3n) is 4.63. The van der Waals surface area contributed by atoms with Crippen molar-refractivity contribution < 1.29 is 9.59 Å². The molecule has 1 heterocycles. The average Bonchev–Trinajstić information content (AvgIpc) is 3.11. The summed E-state index contributed by atoms with van der Waals surface area (Å²) in [7, 11) is 1.60. The van der Waals surface area contributed by atoms with E-state index in [4.69, 9.17) is 0 Å². The molecule has 1 fully saturated rings. The highest BCUT2D eigenvalue weighted by atomic mass is 16.2. The molecule has 1 saturated heterocycles. The van der Waals surface area contributed by atoms with Crippen LogP contribution < -0.4 is 10.6 Å². The van der Waals surface area contributed by atoms with Gasteiger partial charge in [0, 0.05) is 19.3 Å². The molecule has 0 saturated carbocycles. The Morgan fingerprint density at radius 2 is 1.92 bits per heavy atom. The largest absolute Gasteiger partial charge is 0.357 e. The van der Waals surface area contributed by atoms with E-state index in [9.17, 15) is 9.59 Å². The summed E-state index contributed by atoms with van der Waals surface area (Å²) in [4.78, 5) is 26.1. The lowest BCUT2D eigenvalue weighted by Crippen LogP contribution is -2.46. The van der Waals surface area contributed by atoms with E-state index in [1.807, 2.05) is 36.4 Å². The van der Waals surface area contributed by atoms with Gasteiger partial charge in [-0.1, -0.05) is 36.4 Å². The van der Waals surface area contributed by atoms with E-state index < -0.39 is 0 Å². The number of aryl methyl sites for hydroxylation is 1. The lowest BCUT2D eigenvalue weighted by molar-refractivity contribution is -0.124.